The average Bonchev–Trinajstić information content (AvgIpc) is 2.65. The van der Waals surface area contributed by atoms with Gasteiger partial charge in [0.1, 0.15) is 5.75 Å². The quantitative estimate of drug-likeness (QED) is 0.431. The second-order valence-corrected chi connectivity index (χ2v) is 5.45. The second kappa shape index (κ2) is 8.81. The van der Waals surface area contributed by atoms with Crippen LogP contribution in [0.5, 0.6) is 5.75 Å². The number of carboxylic acids is 1. The largest absolute Gasteiger partial charge is 0.497 e. The zero-order chi connectivity index (χ0) is 18.2. The summed E-state index contributed by atoms with van der Waals surface area (Å²) in [7, 11) is 1.55. The first-order chi connectivity index (χ1) is 12.0. The molecule has 7 heteroatoms. The van der Waals surface area contributed by atoms with E-state index in [0.717, 1.165) is 11.1 Å². The molecule has 0 heterocycles. The Morgan fingerprint density at radius 2 is 1.92 bits per heavy atom. The van der Waals surface area contributed by atoms with E-state index in [2.05, 4.69) is 5.32 Å². The fraction of sp³-hybridized carbons (Fsp3) is 0.222. The van der Waals surface area contributed by atoms with Crippen LogP contribution < -0.4 is 15.5 Å². The van der Waals surface area contributed by atoms with Crippen molar-refractivity contribution in [3.8, 4) is 5.75 Å². The lowest BCUT2D eigenvalue weighted by Gasteiger charge is -2.19. The van der Waals surface area contributed by atoms with Crippen LogP contribution >= 0.6 is 0 Å². The normalized spacial score (nSPS) is 11.6. The van der Waals surface area contributed by atoms with Crippen LogP contribution in [-0.2, 0) is 11.3 Å². The smallest absolute Gasteiger partial charge is 0.335 e. The van der Waals surface area contributed by atoms with Gasteiger partial charge in [0.2, 0.25) is 5.91 Å². The number of methoxy groups -OCH3 is 1. The molecule has 0 aliphatic carbocycles. The number of carbonyl (C=O) groups excluding carboxylic acids is 1. The van der Waals surface area contributed by atoms with E-state index in [1.807, 2.05) is 12.1 Å². The molecule has 1 atom stereocenters. The Kier molecular flexibility index (Phi) is 6.50. The molecule has 2 aromatic carbocycles. The Morgan fingerprint density at radius 1 is 1.16 bits per heavy atom. The van der Waals surface area contributed by atoms with E-state index in [-0.39, 0.29) is 18.0 Å². The monoisotopic (exact) mass is 344 g/mol. The van der Waals surface area contributed by atoms with Crippen LogP contribution in [0, 0.1) is 0 Å². The molecule has 0 aliphatic rings. The van der Waals surface area contributed by atoms with E-state index >= 15 is 0 Å². The third kappa shape index (κ3) is 5.30. The van der Waals surface area contributed by atoms with Gasteiger partial charge < -0.3 is 15.2 Å². The van der Waals surface area contributed by atoms with Crippen LogP contribution in [0.15, 0.2) is 48.5 Å². The lowest BCUT2D eigenvalue weighted by atomic mass is 10.0. The van der Waals surface area contributed by atoms with Crippen molar-refractivity contribution in [3.63, 3.8) is 0 Å². The van der Waals surface area contributed by atoms with Crippen LogP contribution in [0.1, 0.15) is 33.9 Å². The molecule has 25 heavy (non-hydrogen) atoms. The molecule has 0 aliphatic heterocycles. The van der Waals surface area contributed by atoms with Gasteiger partial charge in [-0.1, -0.05) is 24.3 Å². The van der Waals surface area contributed by atoms with E-state index in [0.29, 0.717) is 12.3 Å². The molecular weight excluding hydrogens is 324 g/mol. The van der Waals surface area contributed by atoms with Crippen molar-refractivity contribution in [2.75, 3.05) is 7.11 Å². The second-order valence-electron chi connectivity index (χ2n) is 5.45. The number of amides is 1. The first-order valence-electron chi connectivity index (χ1n) is 7.66. The maximum absolute atomic E-state index is 11.6. The van der Waals surface area contributed by atoms with Gasteiger partial charge in [-0.3, -0.25) is 10.0 Å². The van der Waals surface area contributed by atoms with E-state index < -0.39 is 11.9 Å². The predicted octanol–water partition coefficient (Wildman–Crippen LogP) is 2.12. The Balaban J connectivity index is 2.17. The number of aromatic carboxylic acids is 1. The summed E-state index contributed by atoms with van der Waals surface area (Å²) in [6.45, 7) is 0.363. The van der Waals surface area contributed by atoms with Crippen LogP contribution in [0.2, 0.25) is 0 Å². The summed E-state index contributed by atoms with van der Waals surface area (Å²) in [6, 6.07) is 13.4. The van der Waals surface area contributed by atoms with E-state index in [1.165, 1.54) is 6.07 Å². The number of hydroxylamine groups is 1. The molecule has 0 aromatic heterocycles. The van der Waals surface area contributed by atoms with Crippen molar-refractivity contribution in [3.05, 3.63) is 65.2 Å². The fourth-order valence-corrected chi connectivity index (χ4v) is 2.45. The number of carbonyl (C=O) groups is 2. The Labute approximate surface area is 145 Å². The minimum atomic E-state index is -0.995. The van der Waals surface area contributed by atoms with Gasteiger partial charge >= 0.3 is 5.97 Å². The summed E-state index contributed by atoms with van der Waals surface area (Å²) >= 11 is 0. The number of benzene rings is 2. The zero-order valence-electron chi connectivity index (χ0n) is 13.7. The molecule has 0 spiro atoms. The van der Waals surface area contributed by atoms with Gasteiger partial charge in [0.05, 0.1) is 12.7 Å². The van der Waals surface area contributed by atoms with Crippen molar-refractivity contribution in [2.45, 2.75) is 19.0 Å². The Hall–Kier alpha value is -2.90. The number of nitrogens with one attached hydrogen (secondary N) is 2. The Bertz CT molecular complexity index is 748. The molecule has 2 rings (SSSR count). The standard InChI is InChI=1S/C18H20N2O5/c1-25-15-7-3-5-13(9-15)16(10-17(21)20-24)19-11-12-4-2-6-14(8-12)18(22)23/h2-9,16,19,24H,10-11H2,1H3,(H,20,21)(H,22,23). The maximum atomic E-state index is 11.6. The summed E-state index contributed by atoms with van der Waals surface area (Å²) in [4.78, 5) is 22.6. The first kappa shape index (κ1) is 18.4. The van der Waals surface area contributed by atoms with Crippen LogP contribution in [-0.4, -0.2) is 29.3 Å². The number of hydrogen-bond acceptors (Lipinski definition) is 5. The van der Waals surface area contributed by atoms with Crippen molar-refractivity contribution in [2.24, 2.45) is 0 Å². The van der Waals surface area contributed by atoms with Gasteiger partial charge in [-0.25, -0.2) is 10.3 Å². The molecule has 4 N–H and O–H groups in total. The number of carboxylic acid groups (broad SMARTS) is 1. The van der Waals surface area contributed by atoms with Crippen molar-refractivity contribution in [1.29, 1.82) is 0 Å². The van der Waals surface area contributed by atoms with Gasteiger partial charge in [-0.05, 0) is 35.4 Å². The number of hydrogen-bond donors (Lipinski definition) is 4. The third-order valence-electron chi connectivity index (χ3n) is 3.74. The topological polar surface area (TPSA) is 108 Å². The average molecular weight is 344 g/mol. The highest BCUT2D eigenvalue weighted by molar-refractivity contribution is 5.87. The van der Waals surface area contributed by atoms with E-state index in [4.69, 9.17) is 15.1 Å². The zero-order valence-corrected chi connectivity index (χ0v) is 13.7. The maximum Gasteiger partial charge on any atom is 0.335 e. The molecule has 0 radical (unpaired) electrons. The van der Waals surface area contributed by atoms with Gasteiger partial charge in [0.25, 0.3) is 0 Å². The molecule has 7 nitrogen and oxygen atoms in total. The highest BCUT2D eigenvalue weighted by Crippen LogP contribution is 2.22. The summed E-state index contributed by atoms with van der Waals surface area (Å²) in [5.41, 5.74) is 3.42. The highest BCUT2D eigenvalue weighted by Gasteiger charge is 2.16. The lowest BCUT2D eigenvalue weighted by Crippen LogP contribution is -2.28. The SMILES string of the molecule is COc1cccc(C(CC(=O)NO)NCc2cccc(C(=O)O)c2)c1. The number of ether oxygens (including phenoxy) is 1. The van der Waals surface area contributed by atoms with Crippen molar-refractivity contribution >= 4 is 11.9 Å². The highest BCUT2D eigenvalue weighted by atomic mass is 16.5. The lowest BCUT2D eigenvalue weighted by molar-refractivity contribution is -0.129. The van der Waals surface area contributed by atoms with Gasteiger partial charge in [0.15, 0.2) is 0 Å². The van der Waals surface area contributed by atoms with Crippen LogP contribution in [0.25, 0.3) is 0 Å². The van der Waals surface area contributed by atoms with Gasteiger partial charge in [0, 0.05) is 19.0 Å². The first-order valence-corrected chi connectivity index (χ1v) is 7.66. The minimum absolute atomic E-state index is 0.0162. The molecular formula is C18H20N2O5. The molecule has 0 saturated heterocycles. The van der Waals surface area contributed by atoms with Crippen molar-refractivity contribution in [1.82, 2.24) is 10.8 Å². The van der Waals surface area contributed by atoms with Gasteiger partial charge in [-0.2, -0.15) is 0 Å². The molecule has 0 fully saturated rings. The summed E-state index contributed by atoms with van der Waals surface area (Å²) in [5, 5.41) is 21.1. The molecule has 1 unspecified atom stereocenters. The van der Waals surface area contributed by atoms with E-state index in [9.17, 15) is 9.59 Å². The molecule has 132 valence electrons. The summed E-state index contributed by atoms with van der Waals surface area (Å²) < 4.78 is 5.20. The summed E-state index contributed by atoms with van der Waals surface area (Å²) in [5.74, 6) is -0.868. The summed E-state index contributed by atoms with van der Waals surface area (Å²) in [6.07, 6.45) is 0.0162. The minimum Gasteiger partial charge on any atom is -0.497 e. The van der Waals surface area contributed by atoms with Gasteiger partial charge in [-0.15, -0.1) is 0 Å². The number of rotatable bonds is 8. The molecule has 0 bridgehead atoms. The Morgan fingerprint density at radius 3 is 2.60 bits per heavy atom. The van der Waals surface area contributed by atoms with E-state index in [1.54, 1.807) is 42.9 Å². The van der Waals surface area contributed by atoms with Crippen LogP contribution in [0.4, 0.5) is 0 Å². The van der Waals surface area contributed by atoms with Crippen LogP contribution in [0.3, 0.4) is 0 Å². The molecule has 0 saturated carbocycles. The molecule has 2 aromatic rings. The molecule has 1 amide bonds. The third-order valence-corrected chi connectivity index (χ3v) is 3.74. The fourth-order valence-electron chi connectivity index (χ4n) is 2.45. The predicted molar refractivity (Wildman–Crippen MR) is 90.5 cm³/mol. The van der Waals surface area contributed by atoms with Crippen molar-refractivity contribution < 1.29 is 24.6 Å².